The van der Waals surface area contributed by atoms with Gasteiger partial charge >= 0.3 is 0 Å². The summed E-state index contributed by atoms with van der Waals surface area (Å²) in [4.78, 5) is 14.0. The maximum absolute atomic E-state index is 12.3. The molecule has 0 spiro atoms. The normalized spacial score (nSPS) is 19.8. The third-order valence-corrected chi connectivity index (χ3v) is 6.03. The van der Waals surface area contributed by atoms with E-state index in [2.05, 4.69) is 0 Å². The van der Waals surface area contributed by atoms with Crippen molar-refractivity contribution in [3.63, 3.8) is 0 Å². The maximum Gasteiger partial charge on any atom is 0.238 e. The second kappa shape index (κ2) is 5.60. The molecule has 0 aliphatic carbocycles. The van der Waals surface area contributed by atoms with E-state index in [1.165, 1.54) is 0 Å². The zero-order valence-electron chi connectivity index (χ0n) is 12.2. The van der Waals surface area contributed by atoms with Gasteiger partial charge in [-0.05, 0) is 38.8 Å². The molecular weight excluding hydrogens is 276 g/mol. The van der Waals surface area contributed by atoms with Crippen LogP contribution < -0.4 is 0 Å². The van der Waals surface area contributed by atoms with Crippen molar-refractivity contribution in [3.8, 4) is 0 Å². The molecule has 0 N–H and O–H groups in total. The van der Waals surface area contributed by atoms with Gasteiger partial charge in [-0.15, -0.1) is 0 Å². The monoisotopic (exact) mass is 298 g/mol. The fraction of sp³-hybridized carbons (Fsp3) is 0.643. The lowest BCUT2D eigenvalue weighted by molar-refractivity contribution is -0.129. The quantitative estimate of drug-likeness (QED) is 0.846. The molecule has 1 aromatic heterocycles. The molecule has 0 bridgehead atoms. The molecule has 1 aliphatic rings. The standard InChI is InChI=1S/C14H22N2O3S/c1-11(2)20(18,19)10-14(17)16-9-5-7-13(16)12-6-4-8-15(12)3/h4,6,8,11,13H,5,7,9-10H2,1-3H3. The first-order valence-electron chi connectivity index (χ1n) is 6.95. The average Bonchev–Trinajstić information content (AvgIpc) is 2.95. The molecule has 2 rings (SSSR count). The molecule has 20 heavy (non-hydrogen) atoms. The largest absolute Gasteiger partial charge is 0.353 e. The van der Waals surface area contributed by atoms with Gasteiger partial charge < -0.3 is 9.47 Å². The smallest absolute Gasteiger partial charge is 0.238 e. The number of rotatable bonds is 4. The van der Waals surface area contributed by atoms with Crippen LogP contribution in [0.25, 0.3) is 0 Å². The molecule has 1 atom stereocenters. The Hall–Kier alpha value is -1.30. The summed E-state index contributed by atoms with van der Waals surface area (Å²) < 4.78 is 25.8. The molecular formula is C14H22N2O3S. The van der Waals surface area contributed by atoms with Crippen molar-refractivity contribution in [3.05, 3.63) is 24.0 Å². The summed E-state index contributed by atoms with van der Waals surface area (Å²) >= 11 is 0. The molecule has 1 amide bonds. The van der Waals surface area contributed by atoms with E-state index < -0.39 is 15.1 Å². The maximum atomic E-state index is 12.3. The van der Waals surface area contributed by atoms with Crippen LogP contribution in [0.15, 0.2) is 18.3 Å². The lowest BCUT2D eigenvalue weighted by Gasteiger charge is -2.25. The molecule has 1 aromatic rings. The topological polar surface area (TPSA) is 59.4 Å². The molecule has 6 heteroatoms. The lowest BCUT2D eigenvalue weighted by atomic mass is 10.1. The number of hydrogen-bond donors (Lipinski definition) is 0. The zero-order valence-corrected chi connectivity index (χ0v) is 13.1. The molecule has 1 unspecified atom stereocenters. The number of amides is 1. The Labute approximate surface area is 120 Å². The number of sulfone groups is 1. The Morgan fingerprint density at radius 2 is 2.15 bits per heavy atom. The van der Waals surface area contributed by atoms with E-state index in [9.17, 15) is 13.2 Å². The number of carbonyl (C=O) groups is 1. The number of aryl methyl sites for hydroxylation is 1. The highest BCUT2D eigenvalue weighted by Gasteiger charge is 2.33. The fourth-order valence-corrected chi connectivity index (χ4v) is 3.46. The number of aromatic nitrogens is 1. The Balaban J connectivity index is 2.16. The lowest BCUT2D eigenvalue weighted by Crippen LogP contribution is -2.37. The minimum Gasteiger partial charge on any atom is -0.353 e. The fourth-order valence-electron chi connectivity index (χ4n) is 2.61. The molecule has 0 saturated carbocycles. The van der Waals surface area contributed by atoms with Crippen LogP contribution in [-0.2, 0) is 21.7 Å². The summed E-state index contributed by atoms with van der Waals surface area (Å²) in [5.41, 5.74) is 1.07. The van der Waals surface area contributed by atoms with Crippen LogP contribution in [0.4, 0.5) is 0 Å². The molecule has 0 radical (unpaired) electrons. The number of likely N-dealkylation sites (tertiary alicyclic amines) is 1. The van der Waals surface area contributed by atoms with Gasteiger partial charge in [-0.2, -0.15) is 0 Å². The van der Waals surface area contributed by atoms with Crippen LogP contribution in [0, 0.1) is 0 Å². The number of nitrogens with zero attached hydrogens (tertiary/aromatic N) is 2. The van der Waals surface area contributed by atoms with Gasteiger partial charge in [0.05, 0.1) is 11.3 Å². The molecule has 112 valence electrons. The Bertz CT molecular complexity index is 589. The first-order chi connectivity index (χ1) is 9.33. The summed E-state index contributed by atoms with van der Waals surface area (Å²) in [6.45, 7) is 3.87. The SMILES string of the molecule is CC(C)S(=O)(=O)CC(=O)N1CCCC1c1cccn1C. The van der Waals surface area contributed by atoms with E-state index in [0.29, 0.717) is 6.54 Å². The highest BCUT2D eigenvalue weighted by atomic mass is 32.2. The molecule has 0 aromatic carbocycles. The summed E-state index contributed by atoms with van der Waals surface area (Å²) in [6.07, 6.45) is 3.76. The second-order valence-electron chi connectivity index (χ2n) is 5.65. The van der Waals surface area contributed by atoms with Crippen molar-refractivity contribution >= 4 is 15.7 Å². The minimum atomic E-state index is -3.34. The van der Waals surface area contributed by atoms with Crippen molar-refractivity contribution in [2.75, 3.05) is 12.3 Å². The van der Waals surface area contributed by atoms with E-state index in [1.54, 1.807) is 18.7 Å². The molecule has 5 nitrogen and oxygen atoms in total. The Morgan fingerprint density at radius 3 is 2.70 bits per heavy atom. The van der Waals surface area contributed by atoms with Crippen LogP contribution in [0.1, 0.15) is 38.4 Å². The Morgan fingerprint density at radius 1 is 1.45 bits per heavy atom. The minimum absolute atomic E-state index is 0.00450. The van der Waals surface area contributed by atoms with Gasteiger partial charge in [0.2, 0.25) is 5.91 Å². The van der Waals surface area contributed by atoms with Gasteiger partial charge in [0, 0.05) is 25.5 Å². The van der Waals surface area contributed by atoms with Gasteiger partial charge in [-0.25, -0.2) is 8.42 Å². The van der Waals surface area contributed by atoms with Gasteiger partial charge in [-0.1, -0.05) is 0 Å². The van der Waals surface area contributed by atoms with Crippen LogP contribution in [0.2, 0.25) is 0 Å². The van der Waals surface area contributed by atoms with Crippen LogP contribution in [0.5, 0.6) is 0 Å². The molecule has 2 heterocycles. The summed E-state index contributed by atoms with van der Waals surface area (Å²) in [5.74, 6) is -0.659. The molecule has 1 saturated heterocycles. The highest BCUT2D eigenvalue weighted by molar-refractivity contribution is 7.92. The van der Waals surface area contributed by atoms with Gasteiger partial charge in [0.25, 0.3) is 0 Å². The van der Waals surface area contributed by atoms with E-state index >= 15 is 0 Å². The third kappa shape index (κ3) is 2.90. The Kier molecular flexibility index (Phi) is 4.22. The second-order valence-corrected chi connectivity index (χ2v) is 8.20. The van der Waals surface area contributed by atoms with Crippen molar-refractivity contribution < 1.29 is 13.2 Å². The number of hydrogen-bond acceptors (Lipinski definition) is 3. The molecule has 1 aliphatic heterocycles. The van der Waals surface area contributed by atoms with Gasteiger partial charge in [-0.3, -0.25) is 4.79 Å². The highest BCUT2D eigenvalue weighted by Crippen LogP contribution is 2.32. The van der Waals surface area contributed by atoms with Crippen molar-refractivity contribution in [1.29, 1.82) is 0 Å². The van der Waals surface area contributed by atoms with Crippen LogP contribution in [-0.4, -0.2) is 41.3 Å². The third-order valence-electron chi connectivity index (χ3n) is 3.94. The summed E-state index contributed by atoms with van der Waals surface area (Å²) in [6, 6.07) is 3.94. The average molecular weight is 298 g/mol. The zero-order chi connectivity index (χ0) is 14.9. The van der Waals surface area contributed by atoms with Crippen molar-refractivity contribution in [1.82, 2.24) is 9.47 Å². The van der Waals surface area contributed by atoms with E-state index in [0.717, 1.165) is 18.5 Å². The van der Waals surface area contributed by atoms with Crippen molar-refractivity contribution in [2.45, 2.75) is 38.0 Å². The first kappa shape index (κ1) is 15.1. The predicted molar refractivity (Wildman–Crippen MR) is 78.0 cm³/mol. The summed E-state index contributed by atoms with van der Waals surface area (Å²) in [5, 5.41) is -0.512. The summed E-state index contributed by atoms with van der Waals surface area (Å²) in [7, 11) is -1.39. The van der Waals surface area contributed by atoms with E-state index in [4.69, 9.17) is 0 Å². The predicted octanol–water partition coefficient (Wildman–Crippen LogP) is 1.51. The van der Waals surface area contributed by atoms with E-state index in [-0.39, 0.29) is 17.7 Å². The number of carbonyl (C=O) groups excluding carboxylic acids is 1. The van der Waals surface area contributed by atoms with E-state index in [1.807, 2.05) is 29.9 Å². The van der Waals surface area contributed by atoms with Gasteiger partial charge in [0.1, 0.15) is 5.75 Å². The van der Waals surface area contributed by atoms with Crippen LogP contribution in [0.3, 0.4) is 0 Å². The molecule has 1 fully saturated rings. The first-order valence-corrected chi connectivity index (χ1v) is 8.66. The van der Waals surface area contributed by atoms with Gasteiger partial charge in [0.15, 0.2) is 9.84 Å². The van der Waals surface area contributed by atoms with Crippen LogP contribution >= 0.6 is 0 Å². The van der Waals surface area contributed by atoms with Crippen molar-refractivity contribution in [2.24, 2.45) is 7.05 Å².